The summed E-state index contributed by atoms with van der Waals surface area (Å²) in [5.41, 5.74) is 0. The van der Waals surface area contributed by atoms with Crippen molar-refractivity contribution in [1.82, 2.24) is 30.3 Å². The van der Waals surface area contributed by atoms with E-state index in [4.69, 9.17) is 0 Å². The molecule has 23 heavy (non-hydrogen) atoms. The van der Waals surface area contributed by atoms with Gasteiger partial charge in [-0.05, 0) is 47.2 Å². The van der Waals surface area contributed by atoms with Crippen molar-refractivity contribution in [3.05, 3.63) is 12.2 Å². The van der Waals surface area contributed by atoms with Crippen LogP contribution in [-0.4, -0.2) is 58.3 Å². The second-order valence-corrected chi connectivity index (χ2v) is 5.70. The highest BCUT2D eigenvalue weighted by Crippen LogP contribution is 1.97. The number of aliphatic imine (C=N–C) groups is 1. The van der Waals surface area contributed by atoms with Gasteiger partial charge < -0.3 is 15.5 Å². The highest BCUT2D eigenvalue weighted by molar-refractivity contribution is 14.0. The summed E-state index contributed by atoms with van der Waals surface area (Å²) < 4.78 is 1.74. The summed E-state index contributed by atoms with van der Waals surface area (Å²) in [5, 5.41) is 10.7. The molecule has 0 radical (unpaired) electrons. The standard InChI is InChI=1S/C15H31N7.HI/c1-6-16-15(18-11-14-19-12-20-22(14)5)17-9-7-8-10-21(4)13(2)3;/h12-13H,6-11H2,1-5H3,(H2,16,17,18);1H. The lowest BCUT2D eigenvalue weighted by Crippen LogP contribution is -2.38. The van der Waals surface area contributed by atoms with E-state index in [-0.39, 0.29) is 24.0 Å². The first-order valence-corrected chi connectivity index (χ1v) is 8.09. The molecule has 0 atom stereocenters. The summed E-state index contributed by atoms with van der Waals surface area (Å²) in [6.45, 7) is 9.95. The van der Waals surface area contributed by atoms with Gasteiger partial charge in [-0.3, -0.25) is 4.68 Å². The van der Waals surface area contributed by atoms with Crippen LogP contribution in [-0.2, 0) is 13.6 Å². The van der Waals surface area contributed by atoms with Gasteiger partial charge in [-0.1, -0.05) is 0 Å². The second-order valence-electron chi connectivity index (χ2n) is 5.70. The van der Waals surface area contributed by atoms with Crippen LogP contribution in [0, 0.1) is 0 Å². The Hall–Kier alpha value is -0.900. The van der Waals surface area contributed by atoms with Crippen LogP contribution in [0.1, 0.15) is 39.4 Å². The van der Waals surface area contributed by atoms with E-state index >= 15 is 0 Å². The number of aromatic nitrogens is 3. The minimum Gasteiger partial charge on any atom is -0.357 e. The van der Waals surface area contributed by atoms with Crippen LogP contribution < -0.4 is 10.6 Å². The molecule has 8 heteroatoms. The molecular formula is C15H32IN7. The number of hydrogen-bond donors (Lipinski definition) is 2. The van der Waals surface area contributed by atoms with Crippen LogP contribution in [0.3, 0.4) is 0 Å². The predicted octanol–water partition coefficient (Wildman–Crippen LogP) is 1.61. The molecule has 0 aliphatic rings. The number of rotatable bonds is 9. The number of nitrogens with zero attached hydrogens (tertiary/aromatic N) is 5. The number of unbranched alkanes of at least 4 members (excludes halogenated alkanes) is 1. The van der Waals surface area contributed by atoms with Crippen LogP contribution in [0.2, 0.25) is 0 Å². The average molecular weight is 437 g/mol. The molecule has 0 aliphatic heterocycles. The van der Waals surface area contributed by atoms with Crippen molar-refractivity contribution in [3.63, 3.8) is 0 Å². The molecule has 0 unspecified atom stereocenters. The van der Waals surface area contributed by atoms with Gasteiger partial charge in [0.05, 0.1) is 0 Å². The molecule has 0 aliphatic carbocycles. The van der Waals surface area contributed by atoms with Crippen LogP contribution >= 0.6 is 24.0 Å². The molecule has 1 aromatic heterocycles. The summed E-state index contributed by atoms with van der Waals surface area (Å²) in [7, 11) is 4.05. The molecular weight excluding hydrogens is 405 g/mol. The molecule has 7 nitrogen and oxygen atoms in total. The van der Waals surface area contributed by atoms with Gasteiger partial charge in [-0.2, -0.15) is 5.10 Å². The van der Waals surface area contributed by atoms with Gasteiger partial charge in [-0.15, -0.1) is 24.0 Å². The van der Waals surface area contributed by atoms with Crippen molar-refractivity contribution in [2.75, 3.05) is 26.7 Å². The van der Waals surface area contributed by atoms with E-state index < -0.39 is 0 Å². The Morgan fingerprint density at radius 1 is 1.35 bits per heavy atom. The first-order chi connectivity index (χ1) is 10.5. The van der Waals surface area contributed by atoms with Gasteiger partial charge in [0, 0.05) is 26.2 Å². The minimum absolute atomic E-state index is 0. The fourth-order valence-corrected chi connectivity index (χ4v) is 1.91. The molecule has 1 aromatic rings. The molecule has 0 spiro atoms. The fourth-order valence-electron chi connectivity index (χ4n) is 1.91. The van der Waals surface area contributed by atoms with Crippen LogP contribution in [0.15, 0.2) is 11.3 Å². The molecule has 2 N–H and O–H groups in total. The van der Waals surface area contributed by atoms with E-state index in [0.29, 0.717) is 12.6 Å². The summed E-state index contributed by atoms with van der Waals surface area (Å²) in [4.78, 5) is 11.1. The van der Waals surface area contributed by atoms with Gasteiger partial charge in [0.1, 0.15) is 18.7 Å². The zero-order valence-corrected chi connectivity index (χ0v) is 17.4. The molecule has 1 rings (SSSR count). The quantitative estimate of drug-likeness (QED) is 0.266. The zero-order chi connectivity index (χ0) is 16.4. The summed E-state index contributed by atoms with van der Waals surface area (Å²) >= 11 is 0. The first-order valence-electron chi connectivity index (χ1n) is 8.09. The first kappa shape index (κ1) is 22.1. The third-order valence-electron chi connectivity index (χ3n) is 3.64. The van der Waals surface area contributed by atoms with E-state index in [0.717, 1.165) is 37.8 Å². The summed E-state index contributed by atoms with van der Waals surface area (Å²) in [6.07, 6.45) is 3.87. The molecule has 0 fully saturated rings. The molecule has 0 aromatic carbocycles. The number of guanidine groups is 1. The summed E-state index contributed by atoms with van der Waals surface area (Å²) in [6, 6.07) is 0.609. The van der Waals surface area contributed by atoms with Gasteiger partial charge in [0.25, 0.3) is 0 Å². The maximum Gasteiger partial charge on any atom is 0.191 e. The maximum absolute atomic E-state index is 4.54. The zero-order valence-electron chi connectivity index (χ0n) is 15.0. The van der Waals surface area contributed by atoms with Crippen LogP contribution in [0.25, 0.3) is 0 Å². The third kappa shape index (κ3) is 9.09. The van der Waals surface area contributed by atoms with Crippen molar-refractivity contribution in [2.24, 2.45) is 12.0 Å². The highest BCUT2D eigenvalue weighted by atomic mass is 127. The Balaban J connectivity index is 0.00000484. The van der Waals surface area contributed by atoms with Crippen molar-refractivity contribution in [1.29, 1.82) is 0 Å². The molecule has 1 heterocycles. The van der Waals surface area contributed by atoms with Gasteiger partial charge in [0.2, 0.25) is 0 Å². The van der Waals surface area contributed by atoms with Gasteiger partial charge in [-0.25, -0.2) is 9.98 Å². The lowest BCUT2D eigenvalue weighted by Gasteiger charge is -2.20. The molecule has 0 saturated heterocycles. The Morgan fingerprint density at radius 3 is 2.65 bits per heavy atom. The Labute approximate surface area is 157 Å². The number of aryl methyl sites for hydroxylation is 1. The molecule has 0 bridgehead atoms. The topological polar surface area (TPSA) is 70.4 Å². The highest BCUT2D eigenvalue weighted by Gasteiger charge is 2.03. The number of hydrogen-bond acceptors (Lipinski definition) is 4. The molecule has 0 saturated carbocycles. The predicted molar refractivity (Wildman–Crippen MR) is 106 cm³/mol. The van der Waals surface area contributed by atoms with Crippen LogP contribution in [0.4, 0.5) is 0 Å². The normalized spacial score (nSPS) is 11.7. The van der Waals surface area contributed by atoms with Crippen molar-refractivity contribution in [2.45, 2.75) is 46.2 Å². The van der Waals surface area contributed by atoms with E-state index in [1.807, 2.05) is 7.05 Å². The fraction of sp³-hybridized carbons (Fsp3) is 0.800. The Morgan fingerprint density at radius 2 is 2.09 bits per heavy atom. The van der Waals surface area contributed by atoms with Gasteiger partial charge in [0.15, 0.2) is 5.96 Å². The smallest absolute Gasteiger partial charge is 0.191 e. The van der Waals surface area contributed by atoms with Crippen LogP contribution in [0.5, 0.6) is 0 Å². The second kappa shape index (κ2) is 12.5. The third-order valence-corrected chi connectivity index (χ3v) is 3.64. The van der Waals surface area contributed by atoms with E-state index in [2.05, 4.69) is 58.4 Å². The van der Waals surface area contributed by atoms with E-state index in [1.165, 1.54) is 6.42 Å². The molecule has 0 amide bonds. The van der Waals surface area contributed by atoms with Crippen molar-refractivity contribution in [3.8, 4) is 0 Å². The van der Waals surface area contributed by atoms with Gasteiger partial charge >= 0.3 is 0 Å². The lowest BCUT2D eigenvalue weighted by molar-refractivity contribution is 0.268. The van der Waals surface area contributed by atoms with Crippen molar-refractivity contribution < 1.29 is 0 Å². The Kier molecular flexibility index (Phi) is 12.0. The minimum atomic E-state index is 0. The maximum atomic E-state index is 4.54. The summed E-state index contributed by atoms with van der Waals surface area (Å²) in [5.74, 6) is 1.69. The van der Waals surface area contributed by atoms with Crippen molar-refractivity contribution >= 4 is 29.9 Å². The number of halogens is 1. The largest absolute Gasteiger partial charge is 0.357 e. The Bertz CT molecular complexity index is 445. The lowest BCUT2D eigenvalue weighted by atomic mass is 10.2. The number of nitrogens with one attached hydrogen (secondary N) is 2. The van der Waals surface area contributed by atoms with E-state index in [1.54, 1.807) is 11.0 Å². The average Bonchev–Trinajstić information content (AvgIpc) is 2.89. The SMILES string of the molecule is CCNC(=NCc1ncnn1C)NCCCCN(C)C(C)C.I. The van der Waals surface area contributed by atoms with E-state index in [9.17, 15) is 0 Å². The monoisotopic (exact) mass is 437 g/mol. The molecule has 134 valence electrons.